The normalized spacial score (nSPS) is 17.6. The highest BCUT2D eigenvalue weighted by molar-refractivity contribution is 5.31. The van der Waals surface area contributed by atoms with Crippen LogP contribution in [0.15, 0.2) is 17.2 Å². The van der Waals surface area contributed by atoms with Gasteiger partial charge in [-0.15, -0.1) is 0 Å². The molecule has 2 rings (SSSR count). The Bertz CT molecular complexity index is 490. The summed E-state index contributed by atoms with van der Waals surface area (Å²) in [5.74, 6) is 0.814. The molecule has 0 amide bonds. The molecule has 1 aromatic heterocycles. The highest BCUT2D eigenvalue weighted by atomic mass is 16.3. The molecule has 0 atom stereocenters. The minimum atomic E-state index is -0.0766. The lowest BCUT2D eigenvalue weighted by molar-refractivity contribution is 0.142. The second-order valence-corrected chi connectivity index (χ2v) is 6.35. The topological polar surface area (TPSA) is 67.2 Å². The third-order valence-electron chi connectivity index (χ3n) is 4.11. The van der Waals surface area contributed by atoms with Crippen molar-refractivity contribution in [2.24, 2.45) is 11.3 Å². The van der Waals surface area contributed by atoms with Crippen LogP contribution in [-0.2, 0) is 6.54 Å². The molecule has 1 aliphatic carbocycles. The highest BCUT2D eigenvalue weighted by Crippen LogP contribution is 2.37. The Morgan fingerprint density at radius 2 is 2.15 bits per heavy atom. The standard InChI is InChI=1S/C15H25N3O2/c1-12(2)9-18-8-7-16-13(14(18)20)17-10-15(11-19)5-3-4-6-15/h7-8,12,19H,3-6,9-11H2,1-2H3,(H,16,17). The molecule has 1 fully saturated rings. The summed E-state index contributed by atoms with van der Waals surface area (Å²) in [7, 11) is 0. The average Bonchev–Trinajstić information content (AvgIpc) is 2.89. The first-order valence-electron chi connectivity index (χ1n) is 7.46. The van der Waals surface area contributed by atoms with E-state index >= 15 is 0 Å². The maximum atomic E-state index is 12.3. The van der Waals surface area contributed by atoms with Crippen LogP contribution in [0.4, 0.5) is 5.82 Å². The van der Waals surface area contributed by atoms with Gasteiger partial charge in [0.2, 0.25) is 0 Å². The van der Waals surface area contributed by atoms with Gasteiger partial charge >= 0.3 is 0 Å². The van der Waals surface area contributed by atoms with Gasteiger partial charge in [-0.25, -0.2) is 4.98 Å². The Morgan fingerprint density at radius 3 is 2.75 bits per heavy atom. The van der Waals surface area contributed by atoms with E-state index in [0.29, 0.717) is 24.8 Å². The number of nitrogens with zero attached hydrogens (tertiary/aromatic N) is 2. The van der Waals surface area contributed by atoms with Crippen molar-refractivity contribution in [1.29, 1.82) is 0 Å². The molecule has 1 aromatic rings. The SMILES string of the molecule is CC(C)Cn1ccnc(NCC2(CO)CCCC2)c1=O. The maximum Gasteiger partial charge on any atom is 0.293 e. The van der Waals surface area contributed by atoms with Gasteiger partial charge in [0.15, 0.2) is 5.82 Å². The molecule has 0 bridgehead atoms. The molecule has 1 saturated carbocycles. The number of aromatic nitrogens is 2. The van der Waals surface area contributed by atoms with Gasteiger partial charge in [0, 0.05) is 30.9 Å². The summed E-state index contributed by atoms with van der Waals surface area (Å²) < 4.78 is 1.69. The zero-order chi connectivity index (χ0) is 14.6. The number of nitrogens with one attached hydrogen (secondary N) is 1. The minimum absolute atomic E-state index is 0.0765. The molecule has 1 aliphatic rings. The Kier molecular flexibility index (Phi) is 4.81. The fourth-order valence-electron chi connectivity index (χ4n) is 2.89. The molecule has 0 aromatic carbocycles. The first-order valence-corrected chi connectivity index (χ1v) is 7.46. The van der Waals surface area contributed by atoms with Crippen molar-refractivity contribution in [1.82, 2.24) is 9.55 Å². The van der Waals surface area contributed by atoms with Crippen molar-refractivity contribution in [2.75, 3.05) is 18.5 Å². The molecule has 0 spiro atoms. The van der Waals surface area contributed by atoms with Gasteiger partial charge in [-0.2, -0.15) is 0 Å². The molecule has 0 radical (unpaired) electrons. The number of anilines is 1. The molecule has 1 heterocycles. The zero-order valence-electron chi connectivity index (χ0n) is 12.4. The molecular weight excluding hydrogens is 254 g/mol. The molecule has 0 unspecified atom stereocenters. The largest absolute Gasteiger partial charge is 0.396 e. The Balaban J connectivity index is 2.08. The number of aliphatic hydroxyl groups excluding tert-OH is 1. The average molecular weight is 279 g/mol. The van der Waals surface area contributed by atoms with Crippen molar-refractivity contribution in [3.63, 3.8) is 0 Å². The zero-order valence-corrected chi connectivity index (χ0v) is 12.4. The molecule has 5 heteroatoms. The van der Waals surface area contributed by atoms with Gasteiger partial charge < -0.3 is 15.0 Å². The Morgan fingerprint density at radius 1 is 1.45 bits per heavy atom. The minimum Gasteiger partial charge on any atom is -0.396 e. The fourth-order valence-corrected chi connectivity index (χ4v) is 2.89. The van der Waals surface area contributed by atoms with Crippen LogP contribution in [0.1, 0.15) is 39.5 Å². The fraction of sp³-hybridized carbons (Fsp3) is 0.733. The summed E-state index contributed by atoms with van der Waals surface area (Å²) >= 11 is 0. The summed E-state index contributed by atoms with van der Waals surface area (Å²) in [5, 5.41) is 12.7. The van der Waals surface area contributed by atoms with Crippen LogP contribution in [-0.4, -0.2) is 27.8 Å². The van der Waals surface area contributed by atoms with E-state index in [1.807, 2.05) is 0 Å². The lowest BCUT2D eigenvalue weighted by atomic mass is 9.87. The smallest absolute Gasteiger partial charge is 0.293 e. The van der Waals surface area contributed by atoms with E-state index in [4.69, 9.17) is 0 Å². The van der Waals surface area contributed by atoms with Crippen LogP contribution in [0.25, 0.3) is 0 Å². The summed E-state index contributed by atoms with van der Waals surface area (Å²) in [4.78, 5) is 16.4. The van der Waals surface area contributed by atoms with Crippen molar-refractivity contribution in [3.8, 4) is 0 Å². The van der Waals surface area contributed by atoms with E-state index in [2.05, 4.69) is 24.1 Å². The highest BCUT2D eigenvalue weighted by Gasteiger charge is 2.33. The molecule has 2 N–H and O–H groups in total. The predicted octanol–water partition coefficient (Wildman–Crippen LogP) is 1.86. The van der Waals surface area contributed by atoms with Crippen molar-refractivity contribution in [3.05, 3.63) is 22.7 Å². The van der Waals surface area contributed by atoms with Crippen molar-refractivity contribution >= 4 is 5.82 Å². The first-order chi connectivity index (χ1) is 9.56. The Labute approximate surface area is 120 Å². The summed E-state index contributed by atoms with van der Waals surface area (Å²) in [5.41, 5.74) is -0.153. The maximum absolute atomic E-state index is 12.3. The van der Waals surface area contributed by atoms with Gasteiger partial charge in [-0.1, -0.05) is 26.7 Å². The number of hydrogen-bond donors (Lipinski definition) is 2. The Hall–Kier alpha value is -1.36. The summed E-state index contributed by atoms with van der Waals surface area (Å²) in [6.07, 6.45) is 7.73. The molecule has 0 aliphatic heterocycles. The van der Waals surface area contributed by atoms with E-state index in [0.717, 1.165) is 25.7 Å². The number of hydrogen-bond acceptors (Lipinski definition) is 4. The summed E-state index contributed by atoms with van der Waals surface area (Å²) in [6.45, 7) is 5.66. The van der Waals surface area contributed by atoms with E-state index in [1.165, 1.54) is 0 Å². The van der Waals surface area contributed by atoms with E-state index in [9.17, 15) is 9.90 Å². The third-order valence-corrected chi connectivity index (χ3v) is 4.11. The number of rotatable bonds is 6. The van der Waals surface area contributed by atoms with Crippen LogP contribution in [0, 0.1) is 11.3 Å². The molecule has 112 valence electrons. The van der Waals surface area contributed by atoms with Gasteiger partial charge in [0.05, 0.1) is 6.61 Å². The monoisotopic (exact) mass is 279 g/mol. The second-order valence-electron chi connectivity index (χ2n) is 6.35. The van der Waals surface area contributed by atoms with Crippen molar-refractivity contribution in [2.45, 2.75) is 46.1 Å². The van der Waals surface area contributed by atoms with Crippen LogP contribution in [0.5, 0.6) is 0 Å². The molecule has 20 heavy (non-hydrogen) atoms. The van der Waals surface area contributed by atoms with Crippen molar-refractivity contribution < 1.29 is 5.11 Å². The molecule has 5 nitrogen and oxygen atoms in total. The first kappa shape index (κ1) is 15.0. The predicted molar refractivity (Wildman–Crippen MR) is 79.8 cm³/mol. The van der Waals surface area contributed by atoms with Crippen LogP contribution < -0.4 is 10.9 Å². The molecule has 0 saturated heterocycles. The van der Waals surface area contributed by atoms with Gasteiger partial charge in [0.1, 0.15) is 0 Å². The third kappa shape index (κ3) is 3.39. The van der Waals surface area contributed by atoms with Crippen LogP contribution >= 0.6 is 0 Å². The van der Waals surface area contributed by atoms with Crippen LogP contribution in [0.2, 0.25) is 0 Å². The summed E-state index contributed by atoms with van der Waals surface area (Å²) in [6, 6.07) is 0. The van der Waals surface area contributed by atoms with E-state index < -0.39 is 0 Å². The van der Waals surface area contributed by atoms with E-state index in [1.54, 1.807) is 17.0 Å². The quantitative estimate of drug-likeness (QED) is 0.834. The molecular formula is C15H25N3O2. The van der Waals surface area contributed by atoms with E-state index in [-0.39, 0.29) is 17.6 Å². The number of aliphatic hydroxyl groups is 1. The van der Waals surface area contributed by atoms with Crippen LogP contribution in [0.3, 0.4) is 0 Å². The lowest BCUT2D eigenvalue weighted by Crippen LogP contribution is -2.34. The van der Waals surface area contributed by atoms with Gasteiger partial charge in [-0.05, 0) is 18.8 Å². The lowest BCUT2D eigenvalue weighted by Gasteiger charge is -2.26. The second kappa shape index (κ2) is 6.39. The van der Waals surface area contributed by atoms with Gasteiger partial charge in [0.25, 0.3) is 5.56 Å². The van der Waals surface area contributed by atoms with Gasteiger partial charge in [-0.3, -0.25) is 4.79 Å².